The maximum absolute atomic E-state index is 12.3. The normalized spacial score (nSPS) is 12.0. The Hall–Kier alpha value is -2.18. The molecule has 1 atom stereocenters. The molecule has 1 aromatic rings. The van der Waals surface area contributed by atoms with E-state index in [1.807, 2.05) is 6.92 Å². The lowest BCUT2D eigenvalue weighted by Gasteiger charge is -2.14. The molecule has 0 heterocycles. The maximum Gasteiger partial charge on any atom is 0.326 e. The first-order valence-corrected chi connectivity index (χ1v) is 6.94. The molecule has 0 saturated heterocycles. The summed E-state index contributed by atoms with van der Waals surface area (Å²) >= 11 is 0. The standard InChI is InChI=1S/C15H19F2NO4/c1-2-6-22-11-5-3-4-10(7-11)8-14(19)18-12(15(20)21)9-13(16)17/h3-5,7,12-13H,2,6,8-9H2,1H3,(H,18,19)(H,20,21). The Balaban J connectivity index is 2.61. The van der Waals surface area contributed by atoms with Gasteiger partial charge < -0.3 is 15.2 Å². The van der Waals surface area contributed by atoms with E-state index >= 15 is 0 Å². The molecule has 0 fully saturated rings. The number of carboxylic acids is 1. The molecule has 0 radical (unpaired) electrons. The van der Waals surface area contributed by atoms with E-state index in [2.05, 4.69) is 5.32 Å². The zero-order valence-corrected chi connectivity index (χ0v) is 12.2. The van der Waals surface area contributed by atoms with Crippen molar-refractivity contribution in [1.82, 2.24) is 5.32 Å². The zero-order chi connectivity index (χ0) is 16.5. The van der Waals surface area contributed by atoms with Gasteiger partial charge in [-0.2, -0.15) is 0 Å². The summed E-state index contributed by atoms with van der Waals surface area (Å²) in [5.74, 6) is -1.50. The van der Waals surface area contributed by atoms with Crippen LogP contribution in [-0.4, -0.2) is 36.1 Å². The van der Waals surface area contributed by atoms with Crippen molar-refractivity contribution in [1.29, 1.82) is 0 Å². The first-order chi connectivity index (χ1) is 10.4. The number of ether oxygens (including phenoxy) is 1. The lowest BCUT2D eigenvalue weighted by atomic mass is 10.1. The van der Waals surface area contributed by atoms with Gasteiger partial charge in [0.05, 0.1) is 13.0 Å². The number of rotatable bonds is 9. The molecule has 1 rings (SSSR count). The first-order valence-electron chi connectivity index (χ1n) is 6.94. The van der Waals surface area contributed by atoms with Crippen molar-refractivity contribution >= 4 is 11.9 Å². The van der Waals surface area contributed by atoms with Crippen LogP contribution in [0.3, 0.4) is 0 Å². The summed E-state index contributed by atoms with van der Waals surface area (Å²) in [6.07, 6.45) is -2.97. The summed E-state index contributed by atoms with van der Waals surface area (Å²) in [4.78, 5) is 22.6. The second kappa shape index (κ2) is 8.96. The summed E-state index contributed by atoms with van der Waals surface area (Å²) in [5, 5.41) is 10.9. The number of aliphatic carboxylic acids is 1. The third kappa shape index (κ3) is 6.51. The average molecular weight is 315 g/mol. The highest BCUT2D eigenvalue weighted by atomic mass is 19.3. The highest BCUT2D eigenvalue weighted by Gasteiger charge is 2.24. The predicted molar refractivity (Wildman–Crippen MR) is 76.1 cm³/mol. The van der Waals surface area contributed by atoms with Crippen LogP contribution in [-0.2, 0) is 16.0 Å². The highest BCUT2D eigenvalue weighted by Crippen LogP contribution is 2.14. The van der Waals surface area contributed by atoms with Gasteiger partial charge in [0.25, 0.3) is 0 Å². The molecule has 122 valence electrons. The number of carbonyl (C=O) groups is 2. The number of alkyl halides is 2. The maximum atomic E-state index is 12.3. The topological polar surface area (TPSA) is 75.6 Å². The summed E-state index contributed by atoms with van der Waals surface area (Å²) in [6, 6.07) is 5.21. The number of carboxylic acid groups (broad SMARTS) is 1. The van der Waals surface area contributed by atoms with Crippen LogP contribution in [0.5, 0.6) is 5.75 Å². The van der Waals surface area contributed by atoms with Crippen molar-refractivity contribution in [3.8, 4) is 5.75 Å². The molecular formula is C15H19F2NO4. The molecular weight excluding hydrogens is 296 g/mol. The lowest BCUT2D eigenvalue weighted by molar-refractivity contribution is -0.142. The number of halogens is 2. The van der Waals surface area contributed by atoms with Gasteiger partial charge in [-0.3, -0.25) is 4.79 Å². The van der Waals surface area contributed by atoms with Crippen molar-refractivity contribution in [3.63, 3.8) is 0 Å². The minimum Gasteiger partial charge on any atom is -0.494 e. The lowest BCUT2D eigenvalue weighted by Crippen LogP contribution is -2.42. The first kappa shape index (κ1) is 17.9. The third-order valence-corrected chi connectivity index (χ3v) is 2.78. The molecule has 0 aliphatic carbocycles. The van der Waals surface area contributed by atoms with Crippen LogP contribution < -0.4 is 10.1 Å². The molecule has 0 aliphatic rings. The number of hydrogen-bond acceptors (Lipinski definition) is 3. The number of carbonyl (C=O) groups excluding carboxylic acids is 1. The fourth-order valence-corrected chi connectivity index (χ4v) is 1.80. The summed E-state index contributed by atoms with van der Waals surface area (Å²) < 4.78 is 29.9. The molecule has 1 unspecified atom stereocenters. The number of amides is 1. The van der Waals surface area contributed by atoms with Crippen LogP contribution in [0.25, 0.3) is 0 Å². The molecule has 2 N–H and O–H groups in total. The van der Waals surface area contributed by atoms with Gasteiger partial charge in [-0.1, -0.05) is 19.1 Å². The van der Waals surface area contributed by atoms with Gasteiger partial charge in [0.1, 0.15) is 11.8 Å². The molecule has 0 saturated carbocycles. The van der Waals surface area contributed by atoms with Crippen LogP contribution in [0.1, 0.15) is 25.3 Å². The van der Waals surface area contributed by atoms with Crippen LogP contribution in [0.2, 0.25) is 0 Å². The predicted octanol–water partition coefficient (Wildman–Crippen LogP) is 2.24. The quantitative estimate of drug-likeness (QED) is 0.733. The smallest absolute Gasteiger partial charge is 0.326 e. The van der Waals surface area contributed by atoms with Crippen molar-refractivity contribution in [2.45, 2.75) is 38.7 Å². The highest BCUT2D eigenvalue weighted by molar-refractivity contribution is 5.84. The fourth-order valence-electron chi connectivity index (χ4n) is 1.80. The van der Waals surface area contributed by atoms with E-state index in [1.54, 1.807) is 24.3 Å². The minimum atomic E-state index is -2.80. The Morgan fingerprint density at radius 1 is 1.36 bits per heavy atom. The van der Waals surface area contributed by atoms with E-state index in [1.165, 1.54) is 0 Å². The van der Waals surface area contributed by atoms with Crippen molar-refractivity contribution in [3.05, 3.63) is 29.8 Å². The van der Waals surface area contributed by atoms with Crippen molar-refractivity contribution in [2.75, 3.05) is 6.61 Å². The molecule has 22 heavy (non-hydrogen) atoms. The molecule has 0 aromatic heterocycles. The second-order valence-corrected chi connectivity index (χ2v) is 4.76. The van der Waals surface area contributed by atoms with E-state index in [0.717, 1.165) is 6.42 Å². The molecule has 1 aromatic carbocycles. The molecule has 1 amide bonds. The number of benzene rings is 1. The molecule has 0 spiro atoms. The Morgan fingerprint density at radius 2 is 2.09 bits per heavy atom. The van der Waals surface area contributed by atoms with Gasteiger partial charge in [-0.25, -0.2) is 13.6 Å². The van der Waals surface area contributed by atoms with Gasteiger partial charge in [0.15, 0.2) is 0 Å². The average Bonchev–Trinajstić information content (AvgIpc) is 2.44. The Morgan fingerprint density at radius 3 is 2.68 bits per heavy atom. The van der Waals surface area contributed by atoms with Gasteiger partial charge in [0.2, 0.25) is 12.3 Å². The SMILES string of the molecule is CCCOc1cccc(CC(=O)NC(CC(F)F)C(=O)O)c1. The van der Waals surface area contributed by atoms with Gasteiger partial charge in [-0.15, -0.1) is 0 Å². The van der Waals surface area contributed by atoms with Gasteiger partial charge in [0, 0.05) is 6.42 Å². The largest absolute Gasteiger partial charge is 0.494 e. The third-order valence-electron chi connectivity index (χ3n) is 2.78. The van der Waals surface area contributed by atoms with E-state index in [9.17, 15) is 18.4 Å². The molecule has 7 heteroatoms. The Bertz CT molecular complexity index is 508. The van der Waals surface area contributed by atoms with Crippen molar-refractivity contribution < 1.29 is 28.2 Å². The van der Waals surface area contributed by atoms with Crippen LogP contribution in [0.15, 0.2) is 24.3 Å². The monoisotopic (exact) mass is 315 g/mol. The molecule has 0 bridgehead atoms. The number of hydrogen-bond donors (Lipinski definition) is 2. The van der Waals surface area contributed by atoms with E-state index < -0.39 is 30.8 Å². The van der Waals surface area contributed by atoms with E-state index in [4.69, 9.17) is 9.84 Å². The summed E-state index contributed by atoms with van der Waals surface area (Å²) in [7, 11) is 0. The van der Waals surface area contributed by atoms with Crippen molar-refractivity contribution in [2.24, 2.45) is 0 Å². The molecule has 0 aliphatic heterocycles. The Labute approximate surface area is 127 Å². The second-order valence-electron chi connectivity index (χ2n) is 4.76. The Kier molecular flexibility index (Phi) is 7.28. The molecule has 5 nitrogen and oxygen atoms in total. The summed E-state index contributed by atoms with van der Waals surface area (Å²) in [5.41, 5.74) is 0.618. The number of nitrogens with one attached hydrogen (secondary N) is 1. The van der Waals surface area contributed by atoms with E-state index in [-0.39, 0.29) is 6.42 Å². The van der Waals surface area contributed by atoms with Crippen LogP contribution in [0, 0.1) is 0 Å². The van der Waals surface area contributed by atoms with Gasteiger partial charge in [-0.05, 0) is 24.1 Å². The minimum absolute atomic E-state index is 0.101. The van der Waals surface area contributed by atoms with E-state index in [0.29, 0.717) is 17.9 Å². The fraction of sp³-hybridized carbons (Fsp3) is 0.467. The van der Waals surface area contributed by atoms with Crippen LogP contribution >= 0.6 is 0 Å². The zero-order valence-electron chi connectivity index (χ0n) is 12.2. The van der Waals surface area contributed by atoms with Gasteiger partial charge >= 0.3 is 5.97 Å². The summed E-state index contributed by atoms with van der Waals surface area (Å²) in [6.45, 7) is 2.51. The van der Waals surface area contributed by atoms with Crippen LogP contribution in [0.4, 0.5) is 8.78 Å².